The highest BCUT2D eigenvalue weighted by Gasteiger charge is 2.09. The Balaban J connectivity index is 2.52. The standard InChI is InChI=1S/C9H6Cl2N2O/c1-5-12-13-9(14-5)7-3-2-6(10)4-8(7)11/h2-4H,1H3. The minimum atomic E-state index is 0.407. The van der Waals surface area contributed by atoms with Gasteiger partial charge in [-0.05, 0) is 18.2 Å². The second kappa shape index (κ2) is 3.59. The van der Waals surface area contributed by atoms with Gasteiger partial charge in [0.25, 0.3) is 0 Å². The summed E-state index contributed by atoms with van der Waals surface area (Å²) in [6.45, 7) is 1.72. The van der Waals surface area contributed by atoms with Crippen molar-refractivity contribution in [3.63, 3.8) is 0 Å². The minimum Gasteiger partial charge on any atom is -0.421 e. The zero-order chi connectivity index (χ0) is 10.1. The Morgan fingerprint density at radius 1 is 1.21 bits per heavy atom. The molecule has 0 atom stereocenters. The van der Waals surface area contributed by atoms with Crippen LogP contribution in [0.4, 0.5) is 0 Å². The third-order valence-corrected chi connectivity index (χ3v) is 2.24. The van der Waals surface area contributed by atoms with Crippen molar-refractivity contribution in [3.8, 4) is 11.5 Å². The fourth-order valence-electron chi connectivity index (χ4n) is 1.07. The van der Waals surface area contributed by atoms with Gasteiger partial charge in [0.05, 0.1) is 10.6 Å². The molecule has 0 fully saturated rings. The van der Waals surface area contributed by atoms with Gasteiger partial charge in [-0.15, -0.1) is 10.2 Å². The second-order valence-electron chi connectivity index (χ2n) is 2.75. The summed E-state index contributed by atoms with van der Waals surface area (Å²) in [6, 6.07) is 5.11. The van der Waals surface area contributed by atoms with E-state index in [0.29, 0.717) is 27.4 Å². The highest BCUT2D eigenvalue weighted by molar-refractivity contribution is 6.36. The number of benzene rings is 1. The van der Waals surface area contributed by atoms with E-state index in [1.54, 1.807) is 25.1 Å². The van der Waals surface area contributed by atoms with Gasteiger partial charge < -0.3 is 4.42 Å². The lowest BCUT2D eigenvalue weighted by Crippen LogP contribution is -1.79. The van der Waals surface area contributed by atoms with Crippen molar-refractivity contribution in [2.45, 2.75) is 6.92 Å². The van der Waals surface area contributed by atoms with Gasteiger partial charge in [0.2, 0.25) is 11.8 Å². The summed E-state index contributed by atoms with van der Waals surface area (Å²) >= 11 is 11.7. The summed E-state index contributed by atoms with van der Waals surface area (Å²) in [7, 11) is 0. The Morgan fingerprint density at radius 2 is 2.00 bits per heavy atom. The first-order valence-corrected chi connectivity index (χ1v) is 4.68. The van der Waals surface area contributed by atoms with Crippen LogP contribution in [-0.2, 0) is 0 Å². The van der Waals surface area contributed by atoms with Crippen LogP contribution >= 0.6 is 23.2 Å². The van der Waals surface area contributed by atoms with Crippen molar-refractivity contribution in [1.29, 1.82) is 0 Å². The predicted octanol–water partition coefficient (Wildman–Crippen LogP) is 3.35. The molecule has 0 aliphatic heterocycles. The zero-order valence-corrected chi connectivity index (χ0v) is 8.80. The summed E-state index contributed by atoms with van der Waals surface area (Å²) in [5.74, 6) is 0.912. The molecule has 0 saturated carbocycles. The number of hydrogen-bond donors (Lipinski definition) is 0. The summed E-state index contributed by atoms with van der Waals surface area (Å²) in [5.41, 5.74) is 0.691. The van der Waals surface area contributed by atoms with E-state index in [-0.39, 0.29) is 0 Å². The van der Waals surface area contributed by atoms with E-state index >= 15 is 0 Å². The van der Waals surface area contributed by atoms with Gasteiger partial charge in [-0.3, -0.25) is 0 Å². The summed E-state index contributed by atoms with van der Waals surface area (Å²) < 4.78 is 5.24. The monoisotopic (exact) mass is 228 g/mol. The molecule has 3 nitrogen and oxygen atoms in total. The van der Waals surface area contributed by atoms with Gasteiger partial charge in [0.1, 0.15) is 0 Å². The first-order chi connectivity index (χ1) is 6.66. The van der Waals surface area contributed by atoms with E-state index < -0.39 is 0 Å². The maximum atomic E-state index is 5.96. The van der Waals surface area contributed by atoms with Crippen molar-refractivity contribution in [2.75, 3.05) is 0 Å². The lowest BCUT2D eigenvalue weighted by molar-refractivity contribution is 0.533. The average Bonchev–Trinajstić information content (AvgIpc) is 2.51. The van der Waals surface area contributed by atoms with Crippen LogP contribution in [0.25, 0.3) is 11.5 Å². The van der Waals surface area contributed by atoms with Crippen LogP contribution in [-0.4, -0.2) is 10.2 Å². The van der Waals surface area contributed by atoms with Gasteiger partial charge in [-0.25, -0.2) is 0 Å². The Bertz CT molecular complexity index is 468. The van der Waals surface area contributed by atoms with Gasteiger partial charge in [0, 0.05) is 11.9 Å². The van der Waals surface area contributed by atoms with Crippen molar-refractivity contribution in [1.82, 2.24) is 10.2 Å². The molecule has 14 heavy (non-hydrogen) atoms. The fraction of sp³-hybridized carbons (Fsp3) is 0.111. The molecular weight excluding hydrogens is 223 g/mol. The Morgan fingerprint density at radius 3 is 2.57 bits per heavy atom. The number of aromatic nitrogens is 2. The molecule has 0 saturated heterocycles. The van der Waals surface area contributed by atoms with Crippen molar-refractivity contribution in [2.24, 2.45) is 0 Å². The van der Waals surface area contributed by atoms with Crippen LogP contribution in [0, 0.1) is 6.92 Å². The van der Waals surface area contributed by atoms with E-state index in [9.17, 15) is 0 Å². The van der Waals surface area contributed by atoms with Gasteiger partial charge in [-0.1, -0.05) is 23.2 Å². The quantitative estimate of drug-likeness (QED) is 0.752. The Labute approximate surface area is 90.7 Å². The molecule has 0 radical (unpaired) electrons. The molecule has 2 aromatic rings. The third-order valence-electron chi connectivity index (χ3n) is 1.69. The summed E-state index contributed by atoms with van der Waals surface area (Å²) in [6.07, 6.45) is 0. The predicted molar refractivity (Wildman–Crippen MR) is 54.5 cm³/mol. The van der Waals surface area contributed by atoms with Crippen LogP contribution < -0.4 is 0 Å². The van der Waals surface area contributed by atoms with Crippen LogP contribution in [0.15, 0.2) is 22.6 Å². The van der Waals surface area contributed by atoms with Gasteiger partial charge in [0.15, 0.2) is 0 Å². The van der Waals surface area contributed by atoms with E-state index in [4.69, 9.17) is 27.6 Å². The van der Waals surface area contributed by atoms with Gasteiger partial charge in [-0.2, -0.15) is 0 Å². The molecule has 1 aromatic heterocycles. The lowest BCUT2D eigenvalue weighted by atomic mass is 10.2. The molecule has 0 aliphatic carbocycles. The Hall–Kier alpha value is -1.06. The fourth-order valence-corrected chi connectivity index (χ4v) is 1.56. The van der Waals surface area contributed by atoms with Crippen LogP contribution in [0.3, 0.4) is 0 Å². The molecular formula is C9H6Cl2N2O. The Kier molecular flexibility index (Phi) is 2.44. The number of nitrogens with zero attached hydrogens (tertiary/aromatic N) is 2. The van der Waals surface area contributed by atoms with Gasteiger partial charge >= 0.3 is 0 Å². The zero-order valence-electron chi connectivity index (χ0n) is 7.29. The normalized spacial score (nSPS) is 10.5. The topological polar surface area (TPSA) is 38.9 Å². The van der Waals surface area contributed by atoms with Crippen LogP contribution in [0.1, 0.15) is 5.89 Å². The molecule has 0 N–H and O–H groups in total. The number of halogens is 2. The molecule has 72 valence electrons. The number of aryl methyl sites for hydroxylation is 1. The number of rotatable bonds is 1. The van der Waals surface area contributed by atoms with Crippen molar-refractivity contribution >= 4 is 23.2 Å². The van der Waals surface area contributed by atoms with Crippen molar-refractivity contribution in [3.05, 3.63) is 34.1 Å². The summed E-state index contributed by atoms with van der Waals surface area (Å²) in [5, 5.41) is 8.66. The maximum absolute atomic E-state index is 5.96. The molecule has 1 heterocycles. The smallest absolute Gasteiger partial charge is 0.249 e. The molecule has 0 amide bonds. The molecule has 0 aliphatic rings. The molecule has 5 heteroatoms. The molecule has 0 unspecified atom stereocenters. The molecule has 1 aromatic carbocycles. The largest absolute Gasteiger partial charge is 0.421 e. The maximum Gasteiger partial charge on any atom is 0.249 e. The van der Waals surface area contributed by atoms with Crippen LogP contribution in [0.5, 0.6) is 0 Å². The minimum absolute atomic E-state index is 0.407. The molecule has 0 bridgehead atoms. The molecule has 2 rings (SSSR count). The van der Waals surface area contributed by atoms with E-state index in [0.717, 1.165) is 0 Å². The highest BCUT2D eigenvalue weighted by Crippen LogP contribution is 2.29. The SMILES string of the molecule is Cc1nnc(-c2ccc(Cl)cc2Cl)o1. The third kappa shape index (κ3) is 1.74. The summed E-state index contributed by atoms with van der Waals surface area (Å²) in [4.78, 5) is 0. The van der Waals surface area contributed by atoms with E-state index in [1.807, 2.05) is 0 Å². The average molecular weight is 229 g/mol. The van der Waals surface area contributed by atoms with E-state index in [2.05, 4.69) is 10.2 Å². The van der Waals surface area contributed by atoms with E-state index in [1.165, 1.54) is 0 Å². The second-order valence-corrected chi connectivity index (χ2v) is 3.59. The van der Waals surface area contributed by atoms with Crippen molar-refractivity contribution < 1.29 is 4.42 Å². The first kappa shape index (κ1) is 9.49. The first-order valence-electron chi connectivity index (χ1n) is 3.92. The number of hydrogen-bond acceptors (Lipinski definition) is 3. The molecule has 0 spiro atoms. The lowest BCUT2D eigenvalue weighted by Gasteiger charge is -1.98. The van der Waals surface area contributed by atoms with Crippen LogP contribution in [0.2, 0.25) is 10.0 Å². The highest BCUT2D eigenvalue weighted by atomic mass is 35.5.